The molecular formula is C13H13N3O4. The van der Waals surface area contributed by atoms with E-state index in [0.717, 1.165) is 0 Å². The molecule has 2 unspecified atom stereocenters. The minimum absolute atomic E-state index is 0.0506. The van der Waals surface area contributed by atoms with Crippen LogP contribution in [-0.2, 0) is 4.79 Å². The van der Waals surface area contributed by atoms with Gasteiger partial charge in [0, 0.05) is 23.0 Å². The minimum atomic E-state index is -1.19. The summed E-state index contributed by atoms with van der Waals surface area (Å²) in [5, 5.41) is 20.7. The van der Waals surface area contributed by atoms with E-state index in [1.807, 2.05) is 0 Å². The topological polar surface area (TPSA) is 106 Å². The number of allylic oxidation sites excluding steroid dienone is 1. The van der Waals surface area contributed by atoms with Gasteiger partial charge in [0.15, 0.2) is 0 Å². The van der Waals surface area contributed by atoms with Crippen LogP contribution < -0.4 is 0 Å². The number of pyridine rings is 1. The second kappa shape index (κ2) is 5.20. The van der Waals surface area contributed by atoms with Crippen molar-refractivity contribution in [3.63, 3.8) is 0 Å². The fraction of sp³-hybridized carbons (Fsp3) is 0.308. The maximum Gasteiger partial charge on any atom is 0.334 e. The highest BCUT2D eigenvalue weighted by atomic mass is 16.6. The van der Waals surface area contributed by atoms with E-state index < -0.39 is 22.9 Å². The molecule has 2 rings (SSSR count). The van der Waals surface area contributed by atoms with Gasteiger partial charge in [-0.05, 0) is 25.5 Å². The van der Waals surface area contributed by atoms with Crippen LogP contribution in [0.5, 0.6) is 0 Å². The second-order valence-electron chi connectivity index (χ2n) is 4.55. The second-order valence-corrected chi connectivity index (χ2v) is 4.55. The molecule has 0 amide bonds. The number of nitro groups is 1. The molecule has 1 aliphatic rings. The maximum absolute atomic E-state index is 11.5. The Bertz CT molecular complexity index is 622. The quantitative estimate of drug-likeness (QED) is 0.666. The van der Waals surface area contributed by atoms with Crippen LogP contribution in [-0.4, -0.2) is 32.7 Å². The Labute approximate surface area is 114 Å². The van der Waals surface area contributed by atoms with E-state index in [1.54, 1.807) is 26.0 Å². The molecule has 0 bridgehead atoms. The lowest BCUT2D eigenvalue weighted by atomic mass is 9.81. The number of aliphatic imine (C=N–C) groups is 1. The zero-order chi connectivity index (χ0) is 14.9. The van der Waals surface area contributed by atoms with Crippen LogP contribution in [0.25, 0.3) is 0 Å². The molecule has 0 saturated carbocycles. The number of aliphatic carboxylic acids is 1. The number of hydrogen-bond donors (Lipinski definition) is 1. The predicted octanol–water partition coefficient (Wildman–Crippen LogP) is 1.64. The highest BCUT2D eigenvalue weighted by Crippen LogP contribution is 2.35. The minimum Gasteiger partial charge on any atom is -0.478 e. The van der Waals surface area contributed by atoms with Crippen LogP contribution in [0.4, 0.5) is 0 Å². The molecule has 20 heavy (non-hydrogen) atoms. The molecule has 1 aromatic heterocycles. The lowest BCUT2D eigenvalue weighted by Gasteiger charge is -2.26. The summed E-state index contributed by atoms with van der Waals surface area (Å²) in [5.74, 6) is -2.08. The van der Waals surface area contributed by atoms with Gasteiger partial charge in [-0.25, -0.2) is 4.79 Å². The first-order valence-electron chi connectivity index (χ1n) is 5.96. The number of carboxylic acids is 1. The van der Waals surface area contributed by atoms with Gasteiger partial charge in [-0.1, -0.05) is 6.07 Å². The Morgan fingerprint density at radius 3 is 2.65 bits per heavy atom. The van der Waals surface area contributed by atoms with Crippen LogP contribution in [0.2, 0.25) is 0 Å². The smallest absolute Gasteiger partial charge is 0.334 e. The van der Waals surface area contributed by atoms with Crippen molar-refractivity contribution in [3.05, 3.63) is 51.5 Å². The SMILES string of the molecule is CC1=NC(C)=C(C(=O)O)C(c2cccnc2)C1[N+](=O)[O-]. The zero-order valence-electron chi connectivity index (χ0n) is 11.0. The third kappa shape index (κ3) is 2.29. The van der Waals surface area contributed by atoms with Crippen LogP contribution in [0.15, 0.2) is 40.8 Å². The molecule has 0 saturated heterocycles. The summed E-state index contributed by atoms with van der Waals surface area (Å²) < 4.78 is 0. The molecule has 0 aromatic carbocycles. The number of hydrogen-bond acceptors (Lipinski definition) is 5. The van der Waals surface area contributed by atoms with Gasteiger partial charge in [0.25, 0.3) is 6.04 Å². The molecule has 1 N–H and O–H groups in total. The van der Waals surface area contributed by atoms with E-state index in [1.165, 1.54) is 12.4 Å². The standard InChI is InChI=1S/C13H13N3O4/c1-7-10(13(17)18)11(9-4-3-5-14-6-9)12(16(19)20)8(2)15-7/h3-6,11-12H,1-2H3,(H,17,18). The molecule has 104 valence electrons. The molecule has 0 radical (unpaired) electrons. The van der Waals surface area contributed by atoms with Crippen molar-refractivity contribution in [2.45, 2.75) is 25.8 Å². The molecule has 7 heteroatoms. The van der Waals surface area contributed by atoms with E-state index in [-0.39, 0.29) is 5.57 Å². The largest absolute Gasteiger partial charge is 0.478 e. The fourth-order valence-electron chi connectivity index (χ4n) is 2.49. The van der Waals surface area contributed by atoms with E-state index in [0.29, 0.717) is 17.0 Å². The lowest BCUT2D eigenvalue weighted by Crippen LogP contribution is -2.39. The molecule has 2 atom stereocenters. The van der Waals surface area contributed by atoms with Gasteiger partial charge in [0.05, 0.1) is 17.2 Å². The average Bonchev–Trinajstić information content (AvgIpc) is 2.37. The maximum atomic E-state index is 11.5. The van der Waals surface area contributed by atoms with Crippen molar-refractivity contribution in [2.24, 2.45) is 4.99 Å². The Kier molecular flexibility index (Phi) is 3.60. The van der Waals surface area contributed by atoms with Crippen molar-refractivity contribution >= 4 is 11.7 Å². The number of nitrogens with zero attached hydrogens (tertiary/aromatic N) is 3. The summed E-state index contributed by atoms with van der Waals surface area (Å²) in [6.07, 6.45) is 2.99. The zero-order valence-corrected chi connectivity index (χ0v) is 11.0. The summed E-state index contributed by atoms with van der Waals surface area (Å²) in [6.45, 7) is 3.09. The summed E-state index contributed by atoms with van der Waals surface area (Å²) in [7, 11) is 0. The average molecular weight is 275 g/mol. The van der Waals surface area contributed by atoms with Gasteiger partial charge in [-0.2, -0.15) is 0 Å². The van der Waals surface area contributed by atoms with E-state index in [9.17, 15) is 20.0 Å². The van der Waals surface area contributed by atoms with E-state index in [2.05, 4.69) is 9.98 Å². The Morgan fingerprint density at radius 1 is 1.45 bits per heavy atom. The number of carboxylic acid groups (broad SMARTS) is 1. The number of carbonyl (C=O) groups is 1. The van der Waals surface area contributed by atoms with Crippen molar-refractivity contribution in [1.82, 2.24) is 4.98 Å². The summed E-state index contributed by atoms with van der Waals surface area (Å²) >= 11 is 0. The van der Waals surface area contributed by atoms with E-state index >= 15 is 0 Å². The molecule has 2 heterocycles. The highest BCUT2D eigenvalue weighted by molar-refractivity contribution is 5.97. The van der Waals surface area contributed by atoms with Crippen LogP contribution >= 0.6 is 0 Å². The first kappa shape index (κ1) is 13.9. The van der Waals surface area contributed by atoms with Gasteiger partial charge in [0.2, 0.25) is 0 Å². The Balaban J connectivity index is 2.65. The lowest BCUT2D eigenvalue weighted by molar-refractivity contribution is -0.505. The first-order chi connectivity index (χ1) is 9.43. The fourth-order valence-corrected chi connectivity index (χ4v) is 2.49. The van der Waals surface area contributed by atoms with Gasteiger partial charge in [0.1, 0.15) is 0 Å². The molecule has 0 fully saturated rings. The van der Waals surface area contributed by atoms with Crippen LogP contribution in [0, 0.1) is 10.1 Å². The molecular weight excluding hydrogens is 262 g/mol. The molecule has 0 spiro atoms. The molecule has 1 aromatic rings. The number of aromatic nitrogens is 1. The van der Waals surface area contributed by atoms with Gasteiger partial charge < -0.3 is 5.11 Å². The summed E-state index contributed by atoms with van der Waals surface area (Å²) in [4.78, 5) is 30.2. The Hall–Kier alpha value is -2.57. The van der Waals surface area contributed by atoms with Crippen LogP contribution in [0.1, 0.15) is 25.3 Å². The van der Waals surface area contributed by atoms with Crippen molar-refractivity contribution in [1.29, 1.82) is 0 Å². The molecule has 0 aliphatic carbocycles. The van der Waals surface area contributed by atoms with Crippen molar-refractivity contribution < 1.29 is 14.8 Å². The van der Waals surface area contributed by atoms with Gasteiger partial charge in [-0.3, -0.25) is 20.1 Å². The third-order valence-electron chi connectivity index (χ3n) is 3.29. The van der Waals surface area contributed by atoms with Crippen LogP contribution in [0.3, 0.4) is 0 Å². The Morgan fingerprint density at radius 2 is 2.15 bits per heavy atom. The highest BCUT2D eigenvalue weighted by Gasteiger charge is 2.44. The van der Waals surface area contributed by atoms with Gasteiger partial charge >= 0.3 is 5.97 Å². The normalized spacial score (nSPS) is 22.4. The van der Waals surface area contributed by atoms with Gasteiger partial charge in [-0.15, -0.1) is 0 Å². The molecule has 7 nitrogen and oxygen atoms in total. The first-order valence-corrected chi connectivity index (χ1v) is 5.96. The summed E-state index contributed by atoms with van der Waals surface area (Å²) in [5.41, 5.74) is 1.04. The van der Waals surface area contributed by atoms with E-state index in [4.69, 9.17) is 0 Å². The number of rotatable bonds is 3. The third-order valence-corrected chi connectivity index (χ3v) is 3.29. The summed E-state index contributed by atoms with van der Waals surface area (Å²) in [6, 6.07) is 2.08. The monoisotopic (exact) mass is 275 g/mol. The van der Waals surface area contributed by atoms with Crippen molar-refractivity contribution in [3.8, 4) is 0 Å². The molecule has 1 aliphatic heterocycles. The van der Waals surface area contributed by atoms with Crippen molar-refractivity contribution in [2.75, 3.05) is 0 Å². The predicted molar refractivity (Wildman–Crippen MR) is 71.2 cm³/mol.